The molecule has 4 aromatic rings. The van der Waals surface area contributed by atoms with Crippen molar-refractivity contribution < 1.29 is 33.3 Å². The molecule has 0 bridgehead atoms. The third-order valence-electron chi connectivity index (χ3n) is 6.64. The van der Waals surface area contributed by atoms with Gasteiger partial charge in [-0.1, -0.05) is 59.6 Å². The van der Waals surface area contributed by atoms with Crippen molar-refractivity contribution in [1.82, 2.24) is 5.32 Å². The molecule has 0 heterocycles. The number of ether oxygens (including phenoxy) is 4. The maximum atomic E-state index is 12.4. The maximum absolute atomic E-state index is 12.4. The predicted octanol–water partition coefficient (Wildman–Crippen LogP) is 7.87. The second kappa shape index (κ2) is 15.2. The summed E-state index contributed by atoms with van der Waals surface area (Å²) in [6.45, 7) is 6.90. The van der Waals surface area contributed by atoms with Gasteiger partial charge in [0.15, 0.2) is 5.75 Å². The van der Waals surface area contributed by atoms with Crippen molar-refractivity contribution in [3.8, 4) is 11.5 Å². The molecule has 0 aromatic heterocycles. The summed E-state index contributed by atoms with van der Waals surface area (Å²) in [7, 11) is 1.23. The van der Waals surface area contributed by atoms with Gasteiger partial charge in [0, 0.05) is 24.6 Å². The standard InChI is InChI=1S/C35H36Cl2N2O7/c1-21(40)38-27-12-13-31(44-19-22-10-11-24-8-6-7-9-25(24)14-22)26(18-27)20-45-32-28(36)15-23(16-29(32)37)17-30(33(41)43-5)39-34(42)46-35(2,3)4/h6-16,18,30H,17,19-20H2,1-5H3,(H,38,40)(H,39,42)/t30-/m0/s1. The molecule has 0 saturated carbocycles. The second-order valence-electron chi connectivity index (χ2n) is 11.6. The summed E-state index contributed by atoms with van der Waals surface area (Å²) in [4.78, 5) is 36.5. The Balaban J connectivity index is 1.51. The van der Waals surface area contributed by atoms with Crippen LogP contribution in [0.2, 0.25) is 10.0 Å². The molecule has 0 saturated heterocycles. The lowest BCUT2D eigenvalue weighted by Gasteiger charge is -2.23. The number of hydrogen-bond donors (Lipinski definition) is 2. The number of carbonyl (C=O) groups excluding carboxylic acids is 3. The molecule has 0 spiro atoms. The Kier molecular flexibility index (Phi) is 11.4. The van der Waals surface area contributed by atoms with Crippen LogP contribution in [0, 0.1) is 0 Å². The first-order valence-corrected chi connectivity index (χ1v) is 15.3. The van der Waals surface area contributed by atoms with Crippen LogP contribution in [0.3, 0.4) is 0 Å². The van der Waals surface area contributed by atoms with Crippen molar-refractivity contribution in [3.63, 3.8) is 0 Å². The van der Waals surface area contributed by atoms with E-state index >= 15 is 0 Å². The molecule has 0 aliphatic carbocycles. The number of halogens is 2. The molecule has 11 heteroatoms. The molecule has 0 aliphatic rings. The average molecular weight is 668 g/mol. The number of nitrogens with one attached hydrogen (secondary N) is 2. The minimum absolute atomic E-state index is 0.0181. The molecule has 2 amide bonds. The summed E-state index contributed by atoms with van der Waals surface area (Å²) in [5.41, 5.74) is 2.02. The second-order valence-corrected chi connectivity index (χ2v) is 12.4. The number of anilines is 1. The van der Waals surface area contributed by atoms with Gasteiger partial charge in [-0.25, -0.2) is 9.59 Å². The van der Waals surface area contributed by atoms with E-state index in [1.165, 1.54) is 14.0 Å². The molecule has 242 valence electrons. The summed E-state index contributed by atoms with van der Waals surface area (Å²) in [6, 6.07) is 21.7. The zero-order valence-electron chi connectivity index (χ0n) is 26.2. The highest BCUT2D eigenvalue weighted by Gasteiger charge is 2.26. The Hall–Kier alpha value is -4.47. The van der Waals surface area contributed by atoms with E-state index in [-0.39, 0.29) is 34.7 Å². The monoisotopic (exact) mass is 666 g/mol. The fourth-order valence-electron chi connectivity index (χ4n) is 4.64. The van der Waals surface area contributed by atoms with Gasteiger partial charge in [0.2, 0.25) is 5.91 Å². The van der Waals surface area contributed by atoms with Crippen LogP contribution in [-0.4, -0.2) is 36.7 Å². The lowest BCUT2D eigenvalue weighted by Crippen LogP contribution is -2.45. The molecule has 4 aromatic carbocycles. The first-order chi connectivity index (χ1) is 21.8. The largest absolute Gasteiger partial charge is 0.488 e. The molecule has 0 radical (unpaired) electrons. The Morgan fingerprint density at radius 2 is 1.52 bits per heavy atom. The van der Waals surface area contributed by atoms with Crippen molar-refractivity contribution in [3.05, 3.63) is 99.5 Å². The molecule has 9 nitrogen and oxygen atoms in total. The van der Waals surface area contributed by atoms with Crippen molar-refractivity contribution in [1.29, 1.82) is 0 Å². The van der Waals surface area contributed by atoms with Crippen LogP contribution in [-0.2, 0) is 38.7 Å². The van der Waals surface area contributed by atoms with Crippen LogP contribution in [0.15, 0.2) is 72.8 Å². The zero-order chi connectivity index (χ0) is 33.4. The average Bonchev–Trinajstić information content (AvgIpc) is 2.98. The molecule has 0 fully saturated rings. The number of rotatable bonds is 11. The highest BCUT2D eigenvalue weighted by atomic mass is 35.5. The van der Waals surface area contributed by atoms with E-state index in [2.05, 4.69) is 22.8 Å². The number of fused-ring (bicyclic) bond motifs is 1. The van der Waals surface area contributed by atoms with Gasteiger partial charge < -0.3 is 29.6 Å². The minimum atomic E-state index is -1.04. The zero-order valence-corrected chi connectivity index (χ0v) is 27.8. The number of alkyl carbamates (subject to hydrolysis) is 1. The normalized spacial score (nSPS) is 11.8. The minimum Gasteiger partial charge on any atom is -0.488 e. The maximum Gasteiger partial charge on any atom is 0.408 e. The summed E-state index contributed by atoms with van der Waals surface area (Å²) in [6.07, 6.45) is -0.725. The molecule has 0 aliphatic heterocycles. The van der Waals surface area contributed by atoms with Gasteiger partial charge in [-0.3, -0.25) is 4.79 Å². The number of carbonyl (C=O) groups is 3. The number of esters is 1. The van der Waals surface area contributed by atoms with Crippen molar-refractivity contribution in [2.75, 3.05) is 12.4 Å². The van der Waals surface area contributed by atoms with Gasteiger partial charge in [-0.15, -0.1) is 0 Å². The summed E-state index contributed by atoms with van der Waals surface area (Å²) in [5.74, 6) is -0.106. The third-order valence-corrected chi connectivity index (χ3v) is 7.20. The number of amides is 2. The van der Waals surface area contributed by atoms with Crippen LogP contribution in [0.1, 0.15) is 44.4 Å². The topological polar surface area (TPSA) is 112 Å². The molecule has 1 atom stereocenters. The Bertz CT molecular complexity index is 1710. The van der Waals surface area contributed by atoms with Crippen molar-refractivity contribution in [2.24, 2.45) is 0 Å². The van der Waals surface area contributed by atoms with Crippen LogP contribution >= 0.6 is 23.2 Å². The summed E-state index contributed by atoms with van der Waals surface area (Å²) >= 11 is 13.2. The van der Waals surface area contributed by atoms with Gasteiger partial charge in [-0.2, -0.15) is 0 Å². The molecule has 46 heavy (non-hydrogen) atoms. The predicted molar refractivity (Wildman–Crippen MR) is 179 cm³/mol. The number of hydrogen-bond acceptors (Lipinski definition) is 7. The summed E-state index contributed by atoms with van der Waals surface area (Å²) in [5, 5.41) is 7.95. The molecule has 4 rings (SSSR count). The Labute approximate surface area is 278 Å². The summed E-state index contributed by atoms with van der Waals surface area (Å²) < 4.78 is 22.4. The van der Waals surface area contributed by atoms with E-state index in [0.717, 1.165) is 16.3 Å². The van der Waals surface area contributed by atoms with Gasteiger partial charge in [0.25, 0.3) is 0 Å². The van der Waals surface area contributed by atoms with E-state index in [1.807, 2.05) is 30.3 Å². The fraction of sp³-hybridized carbons (Fsp3) is 0.286. The van der Waals surface area contributed by atoms with E-state index in [4.69, 9.17) is 42.1 Å². The van der Waals surface area contributed by atoms with E-state index in [0.29, 0.717) is 29.2 Å². The molecular weight excluding hydrogens is 631 g/mol. The van der Waals surface area contributed by atoms with E-state index < -0.39 is 23.7 Å². The first-order valence-electron chi connectivity index (χ1n) is 14.5. The number of benzene rings is 4. The van der Waals surface area contributed by atoms with Crippen molar-refractivity contribution in [2.45, 2.75) is 59.0 Å². The van der Waals surface area contributed by atoms with Gasteiger partial charge in [0.05, 0.1) is 17.2 Å². The lowest BCUT2D eigenvalue weighted by atomic mass is 10.1. The number of methoxy groups -OCH3 is 1. The van der Waals surface area contributed by atoms with Gasteiger partial charge in [-0.05, 0) is 79.1 Å². The highest BCUT2D eigenvalue weighted by Crippen LogP contribution is 2.36. The van der Waals surface area contributed by atoms with Crippen LogP contribution in [0.25, 0.3) is 10.8 Å². The third kappa shape index (κ3) is 9.76. The quantitative estimate of drug-likeness (QED) is 0.157. The Morgan fingerprint density at radius 1 is 0.826 bits per heavy atom. The van der Waals surface area contributed by atoms with Crippen LogP contribution in [0.4, 0.5) is 10.5 Å². The van der Waals surface area contributed by atoms with Crippen LogP contribution in [0.5, 0.6) is 11.5 Å². The van der Waals surface area contributed by atoms with E-state index in [1.54, 1.807) is 51.1 Å². The first kappa shape index (κ1) is 34.4. The van der Waals surface area contributed by atoms with Crippen molar-refractivity contribution >= 4 is 57.6 Å². The van der Waals surface area contributed by atoms with Crippen LogP contribution < -0.4 is 20.1 Å². The SMILES string of the molecule is COC(=O)[C@H](Cc1cc(Cl)c(OCc2cc(NC(C)=O)ccc2OCc2ccc3ccccc3c2)c(Cl)c1)NC(=O)OC(C)(C)C. The highest BCUT2D eigenvalue weighted by molar-refractivity contribution is 6.37. The molecule has 0 unspecified atom stereocenters. The molecule has 2 N–H and O–H groups in total. The lowest BCUT2D eigenvalue weighted by molar-refractivity contribution is -0.143. The van der Waals surface area contributed by atoms with Gasteiger partial charge >= 0.3 is 12.1 Å². The molecular formula is C35H36Cl2N2O7. The Morgan fingerprint density at radius 3 is 2.17 bits per heavy atom. The fourth-order valence-corrected chi connectivity index (χ4v) is 5.28. The smallest absolute Gasteiger partial charge is 0.408 e. The van der Waals surface area contributed by atoms with E-state index in [9.17, 15) is 14.4 Å². The van der Waals surface area contributed by atoms with Gasteiger partial charge in [0.1, 0.15) is 30.6 Å².